The zero-order chi connectivity index (χ0) is 14.4. The lowest BCUT2D eigenvalue weighted by atomic mass is 10.2. The Morgan fingerprint density at radius 2 is 2.25 bits per heavy atom. The Hall–Kier alpha value is -1.88. The molecule has 20 heavy (non-hydrogen) atoms. The van der Waals surface area contributed by atoms with Gasteiger partial charge in [0, 0.05) is 23.9 Å². The number of ether oxygens (including phenoxy) is 1. The van der Waals surface area contributed by atoms with Gasteiger partial charge in [0.2, 0.25) is 0 Å². The molecule has 2 aromatic rings. The van der Waals surface area contributed by atoms with E-state index in [1.165, 1.54) is 7.11 Å². The first-order valence-corrected chi connectivity index (χ1v) is 6.78. The van der Waals surface area contributed by atoms with E-state index in [9.17, 15) is 4.39 Å². The first-order valence-electron chi connectivity index (χ1n) is 6.78. The molecule has 0 aliphatic rings. The predicted octanol–water partition coefficient (Wildman–Crippen LogP) is 2.58. The van der Waals surface area contributed by atoms with E-state index in [0.717, 1.165) is 25.1 Å². The van der Waals surface area contributed by atoms with Crippen LogP contribution in [0, 0.1) is 5.82 Å². The molecule has 0 bridgehead atoms. The topological polar surface area (TPSA) is 39.1 Å². The van der Waals surface area contributed by atoms with Crippen LogP contribution >= 0.6 is 0 Å². The lowest BCUT2D eigenvalue weighted by Crippen LogP contribution is -2.13. The first kappa shape index (κ1) is 14.5. The molecule has 4 nitrogen and oxygen atoms in total. The highest BCUT2D eigenvalue weighted by Crippen LogP contribution is 2.20. The van der Waals surface area contributed by atoms with E-state index in [-0.39, 0.29) is 11.6 Å². The van der Waals surface area contributed by atoms with Crippen LogP contribution in [0.4, 0.5) is 4.39 Å². The Morgan fingerprint density at radius 3 is 3.00 bits per heavy atom. The zero-order valence-corrected chi connectivity index (χ0v) is 11.9. The molecule has 108 valence electrons. The summed E-state index contributed by atoms with van der Waals surface area (Å²) in [6.45, 7) is 4.29. The van der Waals surface area contributed by atoms with Crippen molar-refractivity contribution >= 4 is 0 Å². The average molecular weight is 277 g/mol. The molecule has 1 heterocycles. The Morgan fingerprint density at radius 1 is 1.40 bits per heavy atom. The highest BCUT2D eigenvalue weighted by Gasteiger charge is 2.09. The molecule has 1 aromatic heterocycles. The standard InChI is InChI=1S/C15H20FN3O/c1-3-7-17-8-12-9-18-19(10-12)11-13-5-4-6-14(20-2)15(13)16/h4-6,9-10,17H,3,7-8,11H2,1-2H3. The maximum absolute atomic E-state index is 14.0. The minimum Gasteiger partial charge on any atom is -0.494 e. The molecule has 0 aliphatic heterocycles. The van der Waals surface area contributed by atoms with Crippen LogP contribution in [0.2, 0.25) is 0 Å². The van der Waals surface area contributed by atoms with E-state index in [0.29, 0.717) is 12.1 Å². The van der Waals surface area contributed by atoms with Crippen molar-refractivity contribution in [1.82, 2.24) is 15.1 Å². The second-order valence-electron chi connectivity index (χ2n) is 4.66. The molecule has 0 saturated heterocycles. The molecule has 2 rings (SSSR count). The fraction of sp³-hybridized carbons (Fsp3) is 0.400. The molecule has 0 aliphatic carbocycles. The molecule has 0 radical (unpaired) electrons. The third-order valence-electron chi connectivity index (χ3n) is 3.04. The van der Waals surface area contributed by atoms with Gasteiger partial charge < -0.3 is 10.1 Å². The van der Waals surface area contributed by atoms with Crippen LogP contribution in [0.5, 0.6) is 5.75 Å². The van der Waals surface area contributed by atoms with Crippen molar-refractivity contribution in [3.8, 4) is 5.75 Å². The SMILES string of the molecule is CCCNCc1cnn(Cc2cccc(OC)c2F)c1. The Bertz CT molecular complexity index is 554. The van der Waals surface area contributed by atoms with Gasteiger partial charge in [-0.25, -0.2) is 4.39 Å². The highest BCUT2D eigenvalue weighted by molar-refractivity contribution is 5.31. The maximum Gasteiger partial charge on any atom is 0.170 e. The summed E-state index contributed by atoms with van der Waals surface area (Å²) in [5.74, 6) is -0.0596. The molecule has 0 unspecified atom stereocenters. The number of nitrogens with zero attached hydrogens (tertiary/aromatic N) is 2. The third kappa shape index (κ3) is 3.57. The van der Waals surface area contributed by atoms with E-state index in [2.05, 4.69) is 17.3 Å². The van der Waals surface area contributed by atoms with Crippen LogP contribution in [0.15, 0.2) is 30.6 Å². The van der Waals surface area contributed by atoms with E-state index in [1.54, 1.807) is 29.1 Å². The van der Waals surface area contributed by atoms with Crippen molar-refractivity contribution in [1.29, 1.82) is 0 Å². The molecular formula is C15H20FN3O. The highest BCUT2D eigenvalue weighted by atomic mass is 19.1. The van der Waals surface area contributed by atoms with Crippen LogP contribution < -0.4 is 10.1 Å². The molecule has 1 N–H and O–H groups in total. The molecule has 0 atom stereocenters. The maximum atomic E-state index is 14.0. The van der Waals surface area contributed by atoms with Gasteiger partial charge in [0.25, 0.3) is 0 Å². The quantitative estimate of drug-likeness (QED) is 0.791. The summed E-state index contributed by atoms with van der Waals surface area (Å²) in [7, 11) is 1.47. The van der Waals surface area contributed by atoms with Gasteiger partial charge >= 0.3 is 0 Å². The van der Waals surface area contributed by atoms with Crippen molar-refractivity contribution in [2.45, 2.75) is 26.4 Å². The minimum atomic E-state index is -0.323. The molecule has 0 saturated carbocycles. The number of methoxy groups -OCH3 is 1. The van der Waals surface area contributed by atoms with E-state index >= 15 is 0 Å². The zero-order valence-electron chi connectivity index (χ0n) is 11.9. The fourth-order valence-corrected chi connectivity index (χ4v) is 2.00. The molecular weight excluding hydrogens is 257 g/mol. The smallest absolute Gasteiger partial charge is 0.170 e. The van der Waals surface area contributed by atoms with Gasteiger partial charge in [-0.1, -0.05) is 19.1 Å². The summed E-state index contributed by atoms with van der Waals surface area (Å²) in [4.78, 5) is 0. The first-order chi connectivity index (χ1) is 9.74. The van der Waals surface area contributed by atoms with Crippen LogP contribution in [-0.2, 0) is 13.1 Å². The lowest BCUT2D eigenvalue weighted by Gasteiger charge is -2.07. The molecule has 0 spiro atoms. The average Bonchev–Trinajstić information content (AvgIpc) is 2.89. The number of nitrogens with one attached hydrogen (secondary N) is 1. The summed E-state index contributed by atoms with van der Waals surface area (Å²) in [6, 6.07) is 5.14. The van der Waals surface area contributed by atoms with Crippen LogP contribution in [0.1, 0.15) is 24.5 Å². The number of benzene rings is 1. The number of halogens is 1. The monoisotopic (exact) mass is 277 g/mol. The van der Waals surface area contributed by atoms with Crippen molar-refractivity contribution in [3.05, 3.63) is 47.5 Å². The van der Waals surface area contributed by atoms with Gasteiger partial charge in [-0.05, 0) is 19.0 Å². The summed E-state index contributed by atoms with van der Waals surface area (Å²) in [5.41, 5.74) is 1.67. The minimum absolute atomic E-state index is 0.263. The van der Waals surface area contributed by atoms with Gasteiger partial charge in [-0.15, -0.1) is 0 Å². The largest absolute Gasteiger partial charge is 0.494 e. The molecule has 5 heteroatoms. The van der Waals surface area contributed by atoms with E-state index in [1.807, 2.05) is 6.20 Å². The second kappa shape index (κ2) is 7.05. The van der Waals surface area contributed by atoms with E-state index < -0.39 is 0 Å². The van der Waals surface area contributed by atoms with Crippen molar-refractivity contribution in [2.24, 2.45) is 0 Å². The van der Waals surface area contributed by atoms with Gasteiger partial charge in [-0.3, -0.25) is 4.68 Å². The Balaban J connectivity index is 2.03. The number of hydrogen-bond acceptors (Lipinski definition) is 3. The second-order valence-corrected chi connectivity index (χ2v) is 4.66. The van der Waals surface area contributed by atoms with E-state index in [4.69, 9.17) is 4.74 Å². The Kier molecular flexibility index (Phi) is 5.12. The third-order valence-corrected chi connectivity index (χ3v) is 3.04. The van der Waals surface area contributed by atoms with Gasteiger partial charge in [0.15, 0.2) is 11.6 Å². The molecule has 0 amide bonds. The van der Waals surface area contributed by atoms with Crippen molar-refractivity contribution < 1.29 is 9.13 Å². The molecule has 1 aromatic carbocycles. The molecule has 0 fully saturated rings. The number of rotatable bonds is 7. The van der Waals surface area contributed by atoms with Gasteiger partial charge in [0.05, 0.1) is 19.9 Å². The van der Waals surface area contributed by atoms with Gasteiger partial charge in [0.1, 0.15) is 0 Å². The van der Waals surface area contributed by atoms with Crippen molar-refractivity contribution in [2.75, 3.05) is 13.7 Å². The fourth-order valence-electron chi connectivity index (χ4n) is 2.00. The predicted molar refractivity (Wildman–Crippen MR) is 76.3 cm³/mol. The Labute approximate surface area is 118 Å². The van der Waals surface area contributed by atoms with Crippen molar-refractivity contribution in [3.63, 3.8) is 0 Å². The number of hydrogen-bond donors (Lipinski definition) is 1. The van der Waals surface area contributed by atoms with Gasteiger partial charge in [-0.2, -0.15) is 5.10 Å². The normalized spacial score (nSPS) is 10.8. The van der Waals surface area contributed by atoms with Crippen LogP contribution in [-0.4, -0.2) is 23.4 Å². The summed E-state index contributed by atoms with van der Waals surface area (Å²) in [5, 5.41) is 7.57. The van der Waals surface area contributed by atoms with Crippen LogP contribution in [0.3, 0.4) is 0 Å². The summed E-state index contributed by atoms with van der Waals surface area (Å²) < 4.78 is 20.8. The lowest BCUT2D eigenvalue weighted by molar-refractivity contribution is 0.383. The summed E-state index contributed by atoms with van der Waals surface area (Å²) in [6.07, 6.45) is 4.84. The van der Waals surface area contributed by atoms with Crippen LogP contribution in [0.25, 0.3) is 0 Å². The number of aromatic nitrogens is 2. The summed E-state index contributed by atoms with van der Waals surface area (Å²) >= 11 is 0.